The minimum Gasteiger partial charge on any atom is -0.394 e. The predicted octanol–water partition coefficient (Wildman–Crippen LogP) is -0.234. The lowest BCUT2D eigenvalue weighted by Crippen LogP contribution is -2.02. The van der Waals surface area contributed by atoms with E-state index in [-0.39, 0.29) is 12.4 Å². The number of ketones is 1. The molecule has 0 atom stereocenters. The van der Waals surface area contributed by atoms with Crippen LogP contribution in [-0.2, 0) is 22.7 Å². The van der Waals surface area contributed by atoms with Gasteiger partial charge in [0.25, 0.3) is 0 Å². The molecule has 0 bridgehead atoms. The Labute approximate surface area is 87.9 Å². The normalized spacial score (nSPS) is 10.5. The summed E-state index contributed by atoms with van der Waals surface area (Å²) in [6.45, 7) is 2.75. The molecule has 1 rings (SSSR count). The van der Waals surface area contributed by atoms with Gasteiger partial charge in [-0.3, -0.25) is 4.79 Å². The summed E-state index contributed by atoms with van der Waals surface area (Å²) in [4.78, 5) is 10.6. The van der Waals surface area contributed by atoms with Crippen LogP contribution in [0.5, 0.6) is 0 Å². The number of ether oxygens (including phenoxy) is 1. The van der Waals surface area contributed by atoms with Gasteiger partial charge in [0, 0.05) is 6.42 Å². The summed E-state index contributed by atoms with van der Waals surface area (Å²) in [7, 11) is 0. The van der Waals surface area contributed by atoms with Gasteiger partial charge in [0.15, 0.2) is 0 Å². The fourth-order valence-electron chi connectivity index (χ4n) is 1.01. The van der Waals surface area contributed by atoms with Crippen LogP contribution in [0.1, 0.15) is 19.0 Å². The van der Waals surface area contributed by atoms with Crippen molar-refractivity contribution in [2.24, 2.45) is 0 Å². The quantitative estimate of drug-likeness (QED) is 0.633. The highest BCUT2D eigenvalue weighted by molar-refractivity contribution is 5.75. The van der Waals surface area contributed by atoms with E-state index in [1.807, 2.05) is 0 Å². The van der Waals surface area contributed by atoms with Crippen molar-refractivity contribution in [1.29, 1.82) is 0 Å². The first-order chi connectivity index (χ1) is 7.22. The van der Waals surface area contributed by atoms with E-state index in [0.29, 0.717) is 31.9 Å². The average molecular weight is 213 g/mol. The van der Waals surface area contributed by atoms with Crippen LogP contribution in [0.4, 0.5) is 0 Å². The Bertz CT molecular complexity index is 311. The molecule has 1 aromatic heterocycles. The van der Waals surface area contributed by atoms with Gasteiger partial charge in [0.05, 0.1) is 32.6 Å². The summed E-state index contributed by atoms with van der Waals surface area (Å²) in [6.07, 6.45) is 2.13. The maximum absolute atomic E-state index is 10.6. The summed E-state index contributed by atoms with van der Waals surface area (Å²) in [5, 5.41) is 16.3. The van der Waals surface area contributed by atoms with Crippen LogP contribution < -0.4 is 0 Å². The van der Waals surface area contributed by atoms with E-state index in [4.69, 9.17) is 9.84 Å². The van der Waals surface area contributed by atoms with Crippen LogP contribution in [-0.4, -0.2) is 39.1 Å². The number of carbonyl (C=O) groups excluding carboxylic acids is 1. The Morgan fingerprint density at radius 2 is 2.47 bits per heavy atom. The molecule has 0 spiro atoms. The zero-order valence-electron chi connectivity index (χ0n) is 8.72. The van der Waals surface area contributed by atoms with E-state index >= 15 is 0 Å². The van der Waals surface area contributed by atoms with Crippen molar-refractivity contribution in [3.8, 4) is 0 Å². The Kier molecular flexibility index (Phi) is 4.92. The number of hydrogen-bond acceptors (Lipinski definition) is 5. The molecule has 1 aromatic rings. The van der Waals surface area contributed by atoms with Gasteiger partial charge in [-0.2, -0.15) is 0 Å². The maximum Gasteiger partial charge on any atom is 0.132 e. The molecule has 0 aliphatic heterocycles. The second-order valence-electron chi connectivity index (χ2n) is 3.20. The van der Waals surface area contributed by atoms with Crippen molar-refractivity contribution in [3.05, 3.63) is 11.9 Å². The molecule has 0 aromatic carbocycles. The van der Waals surface area contributed by atoms with Gasteiger partial charge in [-0.05, 0) is 6.92 Å². The van der Waals surface area contributed by atoms with Gasteiger partial charge in [0.1, 0.15) is 11.5 Å². The van der Waals surface area contributed by atoms with Crippen LogP contribution >= 0.6 is 0 Å². The molecule has 0 saturated carbocycles. The van der Waals surface area contributed by atoms with Crippen LogP contribution in [0.15, 0.2) is 6.20 Å². The van der Waals surface area contributed by atoms with Crippen molar-refractivity contribution in [2.75, 3.05) is 13.2 Å². The van der Waals surface area contributed by atoms with E-state index < -0.39 is 0 Å². The van der Waals surface area contributed by atoms with Crippen LogP contribution in [0.3, 0.4) is 0 Å². The maximum atomic E-state index is 10.6. The third-order valence-corrected chi connectivity index (χ3v) is 1.76. The van der Waals surface area contributed by atoms with E-state index in [1.54, 1.807) is 10.9 Å². The van der Waals surface area contributed by atoms with Crippen molar-refractivity contribution in [2.45, 2.75) is 26.5 Å². The number of aromatic nitrogens is 3. The highest BCUT2D eigenvalue weighted by Crippen LogP contribution is 1.96. The molecular weight excluding hydrogens is 198 g/mol. The number of hydrogen-bond donors (Lipinski definition) is 1. The molecule has 0 aliphatic carbocycles. The molecule has 0 amide bonds. The molecule has 6 heteroatoms. The monoisotopic (exact) mass is 213 g/mol. The SMILES string of the molecule is CC(=O)CCOCc1cn(CCO)nn1. The third-order valence-electron chi connectivity index (χ3n) is 1.76. The fourth-order valence-corrected chi connectivity index (χ4v) is 1.01. The number of aliphatic hydroxyl groups is 1. The molecule has 0 aliphatic rings. The van der Waals surface area contributed by atoms with Crippen molar-refractivity contribution in [3.63, 3.8) is 0 Å². The first-order valence-corrected chi connectivity index (χ1v) is 4.79. The summed E-state index contributed by atoms with van der Waals surface area (Å²) in [5.74, 6) is 0.110. The van der Waals surface area contributed by atoms with E-state index in [2.05, 4.69) is 10.3 Å². The molecule has 0 saturated heterocycles. The summed E-state index contributed by atoms with van der Waals surface area (Å²) < 4.78 is 6.77. The lowest BCUT2D eigenvalue weighted by Gasteiger charge is -1.98. The first kappa shape index (κ1) is 11.8. The second-order valence-corrected chi connectivity index (χ2v) is 3.20. The zero-order chi connectivity index (χ0) is 11.1. The number of Topliss-reactive ketones (excluding diaryl/α,β-unsaturated/α-hetero) is 1. The van der Waals surface area contributed by atoms with E-state index in [1.165, 1.54) is 6.92 Å². The van der Waals surface area contributed by atoms with E-state index in [9.17, 15) is 4.79 Å². The molecule has 0 unspecified atom stereocenters. The lowest BCUT2D eigenvalue weighted by atomic mass is 10.3. The largest absolute Gasteiger partial charge is 0.394 e. The molecule has 1 N–H and O–H groups in total. The van der Waals surface area contributed by atoms with Crippen molar-refractivity contribution >= 4 is 5.78 Å². The zero-order valence-corrected chi connectivity index (χ0v) is 8.72. The molecule has 84 valence electrons. The summed E-state index contributed by atoms with van der Waals surface area (Å²) in [5.41, 5.74) is 0.701. The van der Waals surface area contributed by atoms with Crippen molar-refractivity contribution < 1.29 is 14.6 Å². The minimum atomic E-state index is 0.0357. The van der Waals surface area contributed by atoms with Crippen LogP contribution in [0, 0.1) is 0 Å². The second kappa shape index (κ2) is 6.26. The lowest BCUT2D eigenvalue weighted by molar-refractivity contribution is -0.118. The summed E-state index contributed by atoms with van der Waals surface area (Å²) >= 11 is 0. The molecule has 15 heavy (non-hydrogen) atoms. The van der Waals surface area contributed by atoms with Gasteiger partial charge >= 0.3 is 0 Å². The molecular formula is C9H15N3O3. The predicted molar refractivity (Wildman–Crippen MR) is 52.1 cm³/mol. The van der Waals surface area contributed by atoms with Crippen LogP contribution in [0.25, 0.3) is 0 Å². The first-order valence-electron chi connectivity index (χ1n) is 4.79. The highest BCUT2D eigenvalue weighted by Gasteiger charge is 2.00. The minimum absolute atomic E-state index is 0.0357. The van der Waals surface area contributed by atoms with Crippen molar-refractivity contribution in [1.82, 2.24) is 15.0 Å². The third kappa shape index (κ3) is 4.66. The standard InChI is InChI=1S/C9H15N3O3/c1-8(14)2-5-15-7-9-6-12(3-4-13)11-10-9/h6,13H,2-5,7H2,1H3. The number of carbonyl (C=O) groups is 1. The van der Waals surface area contributed by atoms with Gasteiger partial charge in [-0.15, -0.1) is 5.10 Å². The smallest absolute Gasteiger partial charge is 0.132 e. The Morgan fingerprint density at radius 3 is 3.13 bits per heavy atom. The molecule has 1 heterocycles. The molecule has 0 radical (unpaired) electrons. The number of aliphatic hydroxyl groups excluding tert-OH is 1. The van der Waals surface area contributed by atoms with Gasteiger partial charge in [-0.1, -0.05) is 5.21 Å². The van der Waals surface area contributed by atoms with Gasteiger partial charge < -0.3 is 9.84 Å². The Morgan fingerprint density at radius 1 is 1.67 bits per heavy atom. The highest BCUT2D eigenvalue weighted by atomic mass is 16.5. The fraction of sp³-hybridized carbons (Fsp3) is 0.667. The number of nitrogens with zero attached hydrogens (tertiary/aromatic N) is 3. The van der Waals surface area contributed by atoms with Gasteiger partial charge in [-0.25, -0.2) is 4.68 Å². The topological polar surface area (TPSA) is 77.2 Å². The Hall–Kier alpha value is -1.27. The molecule has 6 nitrogen and oxygen atoms in total. The van der Waals surface area contributed by atoms with Crippen LogP contribution in [0.2, 0.25) is 0 Å². The summed E-state index contributed by atoms with van der Waals surface area (Å²) in [6, 6.07) is 0. The number of rotatable bonds is 7. The Balaban J connectivity index is 2.22. The van der Waals surface area contributed by atoms with E-state index in [0.717, 1.165) is 0 Å². The van der Waals surface area contributed by atoms with Gasteiger partial charge in [0.2, 0.25) is 0 Å². The average Bonchev–Trinajstić information content (AvgIpc) is 2.61. The molecule has 0 fully saturated rings.